The molecule has 0 spiro atoms. The minimum absolute atomic E-state index is 0.632. The molecule has 0 atom stereocenters. The molecule has 294 valence electrons. The number of fused-ring (bicyclic) bond motifs is 9. The maximum atomic E-state index is 5.00. The van der Waals surface area contributed by atoms with Gasteiger partial charge in [-0.3, -0.25) is 0 Å². The van der Waals surface area contributed by atoms with E-state index in [4.69, 9.17) is 15.0 Å². The van der Waals surface area contributed by atoms with Gasteiger partial charge in [-0.15, -0.1) is 0 Å². The molecule has 0 fully saturated rings. The van der Waals surface area contributed by atoms with Crippen molar-refractivity contribution < 1.29 is 0 Å². The number of nitrogens with zero attached hydrogens (tertiary/aromatic N) is 6. The summed E-state index contributed by atoms with van der Waals surface area (Å²) in [5.41, 5.74) is 13.1. The van der Waals surface area contributed by atoms with Gasteiger partial charge >= 0.3 is 0 Å². The molecule has 0 bridgehead atoms. The predicted octanol–water partition coefficient (Wildman–Crippen LogP) is 14.2. The monoisotopic (exact) mass is 804 g/mol. The van der Waals surface area contributed by atoms with Gasteiger partial charge in [0, 0.05) is 60.4 Å². The summed E-state index contributed by atoms with van der Waals surface area (Å²) < 4.78 is 7.30. The Hall–Kier alpha value is -8.61. The second kappa shape index (κ2) is 14.0. The molecule has 0 radical (unpaired) electrons. The second-order valence-electron chi connectivity index (χ2n) is 16.0. The normalized spacial score (nSPS) is 11.8. The van der Waals surface area contributed by atoms with E-state index in [0.717, 1.165) is 50.3 Å². The van der Waals surface area contributed by atoms with Gasteiger partial charge in [-0.2, -0.15) is 0 Å². The van der Waals surface area contributed by atoms with Gasteiger partial charge in [0.25, 0.3) is 0 Å². The van der Waals surface area contributed by atoms with Gasteiger partial charge in [-0.25, -0.2) is 15.0 Å². The van der Waals surface area contributed by atoms with Crippen molar-refractivity contribution in [2.75, 3.05) is 0 Å². The molecule has 9 aromatic carbocycles. The van der Waals surface area contributed by atoms with Gasteiger partial charge in [0.2, 0.25) is 0 Å². The van der Waals surface area contributed by atoms with Crippen molar-refractivity contribution >= 4 is 65.4 Å². The standard InChI is InChI=1S/C57H36N6/c1-4-17-37(18-5-1)55-58-56(38-19-6-2-7-20-38)60-57(59-55)39-31-33-41(34-32-39)61-48-27-13-11-24-43(48)46-36-53-47(35-52(46)61)44-25-12-15-29-50(44)63(53)51-30-16-26-45-42-23-10-14-28-49(42)62(54(45)51)40-21-8-3-9-22-40/h1-36H. The highest BCUT2D eigenvalue weighted by Crippen LogP contribution is 2.43. The SMILES string of the molecule is c1ccc(-c2nc(-c3ccccc3)nc(-c3ccc(-n4c5ccccc5c5cc6c(cc54)c4ccccc4n6-c4cccc5c6ccccc6n(-c6ccccc6)c45)cc3)n2)cc1. The number of hydrogen-bond acceptors (Lipinski definition) is 3. The van der Waals surface area contributed by atoms with Gasteiger partial charge in [-0.1, -0.05) is 146 Å². The summed E-state index contributed by atoms with van der Waals surface area (Å²) in [4.78, 5) is 14.9. The van der Waals surface area contributed by atoms with Crippen molar-refractivity contribution in [3.8, 4) is 51.2 Å². The van der Waals surface area contributed by atoms with E-state index in [-0.39, 0.29) is 0 Å². The quantitative estimate of drug-likeness (QED) is 0.168. The fourth-order valence-corrected chi connectivity index (χ4v) is 9.69. The van der Waals surface area contributed by atoms with Gasteiger partial charge < -0.3 is 13.7 Å². The Kier molecular flexibility index (Phi) is 7.80. The zero-order valence-electron chi connectivity index (χ0n) is 34.0. The largest absolute Gasteiger partial charge is 0.309 e. The van der Waals surface area contributed by atoms with Crippen LogP contribution in [0, 0.1) is 0 Å². The lowest BCUT2D eigenvalue weighted by atomic mass is 10.1. The Balaban J connectivity index is 1.02. The molecular weight excluding hydrogens is 769 g/mol. The highest BCUT2D eigenvalue weighted by Gasteiger charge is 2.22. The summed E-state index contributed by atoms with van der Waals surface area (Å²) in [5.74, 6) is 1.92. The second-order valence-corrected chi connectivity index (χ2v) is 16.0. The van der Waals surface area contributed by atoms with E-state index in [1.807, 2.05) is 60.7 Å². The van der Waals surface area contributed by atoms with Crippen LogP contribution in [0.15, 0.2) is 218 Å². The fraction of sp³-hybridized carbons (Fsp3) is 0. The maximum Gasteiger partial charge on any atom is 0.164 e. The van der Waals surface area contributed by atoms with E-state index in [9.17, 15) is 0 Å². The van der Waals surface area contributed by atoms with Gasteiger partial charge in [-0.05, 0) is 72.8 Å². The minimum Gasteiger partial charge on any atom is -0.309 e. The average molecular weight is 805 g/mol. The molecule has 0 amide bonds. The summed E-state index contributed by atoms with van der Waals surface area (Å²) >= 11 is 0. The lowest BCUT2D eigenvalue weighted by Crippen LogP contribution is -2.00. The van der Waals surface area contributed by atoms with Crippen LogP contribution >= 0.6 is 0 Å². The molecule has 0 saturated heterocycles. The summed E-state index contributed by atoms with van der Waals surface area (Å²) in [6.45, 7) is 0. The van der Waals surface area contributed by atoms with Gasteiger partial charge in [0.1, 0.15) is 0 Å². The van der Waals surface area contributed by atoms with Crippen molar-refractivity contribution in [3.05, 3.63) is 218 Å². The van der Waals surface area contributed by atoms with E-state index in [1.54, 1.807) is 0 Å². The maximum absolute atomic E-state index is 5.00. The summed E-state index contributed by atoms with van der Waals surface area (Å²) in [6.07, 6.45) is 0. The molecule has 0 N–H and O–H groups in total. The highest BCUT2D eigenvalue weighted by atomic mass is 15.1. The van der Waals surface area contributed by atoms with Crippen LogP contribution in [-0.4, -0.2) is 28.7 Å². The Morgan fingerprint density at radius 3 is 1.21 bits per heavy atom. The molecule has 13 rings (SSSR count). The molecule has 0 aliphatic rings. The third kappa shape index (κ3) is 5.48. The number of aromatic nitrogens is 6. The van der Waals surface area contributed by atoms with Crippen LogP contribution in [-0.2, 0) is 0 Å². The minimum atomic E-state index is 0.632. The Morgan fingerprint density at radius 2 is 0.651 bits per heavy atom. The Morgan fingerprint density at radius 1 is 0.254 bits per heavy atom. The molecule has 63 heavy (non-hydrogen) atoms. The molecule has 0 unspecified atom stereocenters. The van der Waals surface area contributed by atoms with E-state index in [1.165, 1.54) is 48.9 Å². The van der Waals surface area contributed by atoms with Gasteiger partial charge in [0.15, 0.2) is 17.5 Å². The number of benzene rings is 9. The topological polar surface area (TPSA) is 53.5 Å². The van der Waals surface area contributed by atoms with E-state index >= 15 is 0 Å². The van der Waals surface area contributed by atoms with E-state index in [2.05, 4.69) is 171 Å². The molecule has 6 heteroatoms. The first kappa shape index (κ1) is 35.2. The number of rotatable bonds is 6. The lowest BCUT2D eigenvalue weighted by molar-refractivity contribution is 1.07. The van der Waals surface area contributed by atoms with Crippen molar-refractivity contribution in [2.24, 2.45) is 0 Å². The van der Waals surface area contributed by atoms with Crippen LogP contribution in [0.3, 0.4) is 0 Å². The first-order valence-corrected chi connectivity index (χ1v) is 21.3. The Labute approximate surface area is 362 Å². The predicted molar refractivity (Wildman–Crippen MR) is 259 cm³/mol. The van der Waals surface area contributed by atoms with Crippen LogP contribution in [0.25, 0.3) is 117 Å². The summed E-state index contributed by atoms with van der Waals surface area (Å²) in [7, 11) is 0. The smallest absolute Gasteiger partial charge is 0.164 e. The highest BCUT2D eigenvalue weighted by molar-refractivity contribution is 6.20. The van der Waals surface area contributed by atoms with Crippen molar-refractivity contribution in [3.63, 3.8) is 0 Å². The molecule has 13 aromatic rings. The lowest BCUT2D eigenvalue weighted by Gasteiger charge is -2.14. The summed E-state index contributed by atoms with van der Waals surface area (Å²) in [5, 5.41) is 7.26. The average Bonchev–Trinajstić information content (AvgIpc) is 3.99. The molecule has 0 aliphatic carbocycles. The summed E-state index contributed by atoms with van der Waals surface area (Å²) in [6, 6.07) is 77.5. The first-order valence-electron chi connectivity index (χ1n) is 21.3. The van der Waals surface area contributed by atoms with Crippen LogP contribution in [0.2, 0.25) is 0 Å². The van der Waals surface area contributed by atoms with Crippen LogP contribution in [0.1, 0.15) is 0 Å². The van der Waals surface area contributed by atoms with Crippen LogP contribution in [0.5, 0.6) is 0 Å². The van der Waals surface area contributed by atoms with Crippen molar-refractivity contribution in [1.29, 1.82) is 0 Å². The first-order chi connectivity index (χ1) is 31.3. The molecular formula is C57H36N6. The third-order valence-corrected chi connectivity index (χ3v) is 12.5. The van der Waals surface area contributed by atoms with Crippen LogP contribution < -0.4 is 0 Å². The van der Waals surface area contributed by atoms with E-state index in [0.29, 0.717) is 17.5 Å². The third-order valence-electron chi connectivity index (χ3n) is 12.5. The van der Waals surface area contributed by atoms with Crippen molar-refractivity contribution in [2.45, 2.75) is 0 Å². The van der Waals surface area contributed by atoms with Crippen LogP contribution in [0.4, 0.5) is 0 Å². The zero-order chi connectivity index (χ0) is 41.4. The molecule has 6 nitrogen and oxygen atoms in total. The Bertz CT molecular complexity index is 3820. The zero-order valence-corrected chi connectivity index (χ0v) is 34.0. The number of hydrogen-bond donors (Lipinski definition) is 0. The van der Waals surface area contributed by atoms with Crippen molar-refractivity contribution in [1.82, 2.24) is 28.7 Å². The van der Waals surface area contributed by atoms with Gasteiger partial charge in [0.05, 0.1) is 38.8 Å². The molecule has 4 heterocycles. The molecule has 0 saturated carbocycles. The number of para-hydroxylation sites is 5. The van der Waals surface area contributed by atoms with E-state index < -0.39 is 0 Å². The fourth-order valence-electron chi connectivity index (χ4n) is 9.69. The molecule has 4 aromatic heterocycles. The molecule has 0 aliphatic heterocycles.